The van der Waals surface area contributed by atoms with Gasteiger partial charge in [0.2, 0.25) is 0 Å². The molecule has 62 heavy (non-hydrogen) atoms. The van der Waals surface area contributed by atoms with Gasteiger partial charge >= 0.3 is 0 Å². The second-order valence-electron chi connectivity index (χ2n) is 15.9. The van der Waals surface area contributed by atoms with E-state index in [9.17, 15) is 0 Å². The molecule has 0 saturated heterocycles. The number of thiophene rings is 2. The maximum Gasteiger partial charge on any atom is 0.164 e. The Balaban J connectivity index is 1.02. The zero-order valence-electron chi connectivity index (χ0n) is 33.2. The average Bonchev–Trinajstić information content (AvgIpc) is 3.92. The molecule has 0 spiro atoms. The fourth-order valence-corrected chi connectivity index (χ4v) is 11.8. The molecule has 10 aromatic carbocycles. The van der Waals surface area contributed by atoms with Crippen LogP contribution in [-0.4, -0.2) is 15.0 Å². The van der Waals surface area contributed by atoms with Gasteiger partial charge in [0.25, 0.3) is 0 Å². The first-order chi connectivity index (χ1) is 30.7. The summed E-state index contributed by atoms with van der Waals surface area (Å²) in [6.45, 7) is 0. The Hall–Kier alpha value is -7.57. The molecule has 0 atom stereocenters. The maximum atomic E-state index is 5.37. The first-order valence-corrected chi connectivity index (χ1v) is 22.5. The number of benzene rings is 10. The minimum atomic E-state index is 0.637. The SMILES string of the molecule is c1ccc2c(-c3ccc(-c4nc(-c5ccc6sc7ccccc7c6c5)nc(-c5cc(-c6cccc7c6sc6c8ccccc8ccc76)cc6ccccc56)n4)cc3)cccc2c1. The zero-order chi connectivity index (χ0) is 40.7. The molecule has 0 radical (unpaired) electrons. The fourth-order valence-electron chi connectivity index (χ4n) is 9.30. The van der Waals surface area contributed by atoms with Crippen molar-refractivity contribution in [2.75, 3.05) is 0 Å². The van der Waals surface area contributed by atoms with Crippen molar-refractivity contribution in [3.8, 4) is 56.4 Å². The van der Waals surface area contributed by atoms with E-state index in [-0.39, 0.29) is 0 Å². The predicted octanol–water partition coefficient (Wildman–Crippen LogP) is 16.4. The van der Waals surface area contributed by atoms with Gasteiger partial charge in [0.1, 0.15) is 0 Å². The largest absolute Gasteiger partial charge is 0.208 e. The molecule has 0 N–H and O–H groups in total. The molecule has 3 nitrogen and oxygen atoms in total. The maximum absolute atomic E-state index is 5.37. The fraction of sp³-hybridized carbons (Fsp3) is 0. The average molecular weight is 824 g/mol. The van der Waals surface area contributed by atoms with Crippen LogP contribution in [0.2, 0.25) is 0 Å². The lowest BCUT2D eigenvalue weighted by Gasteiger charge is -2.13. The van der Waals surface area contributed by atoms with Gasteiger partial charge in [-0.25, -0.2) is 15.0 Å². The van der Waals surface area contributed by atoms with E-state index in [1.54, 1.807) is 0 Å². The number of hydrogen-bond acceptors (Lipinski definition) is 5. The highest BCUT2D eigenvalue weighted by Gasteiger charge is 2.19. The Bertz CT molecular complexity index is 3930. The molecule has 0 saturated carbocycles. The van der Waals surface area contributed by atoms with Gasteiger partial charge < -0.3 is 0 Å². The first kappa shape index (κ1) is 35.2. The summed E-state index contributed by atoms with van der Waals surface area (Å²) < 4.78 is 5.11. The molecule has 0 aliphatic carbocycles. The third-order valence-electron chi connectivity index (χ3n) is 12.3. The summed E-state index contributed by atoms with van der Waals surface area (Å²) in [4.78, 5) is 16.0. The molecule has 0 aliphatic rings. The van der Waals surface area contributed by atoms with Crippen molar-refractivity contribution in [1.82, 2.24) is 15.0 Å². The number of nitrogens with zero attached hydrogens (tertiary/aromatic N) is 3. The van der Waals surface area contributed by atoms with Crippen LogP contribution < -0.4 is 0 Å². The molecule has 0 amide bonds. The van der Waals surface area contributed by atoms with E-state index >= 15 is 0 Å². The summed E-state index contributed by atoms with van der Waals surface area (Å²) in [6, 6.07) is 72.1. The lowest BCUT2D eigenvalue weighted by Crippen LogP contribution is -2.01. The molecule has 5 heteroatoms. The van der Waals surface area contributed by atoms with Gasteiger partial charge in [-0.15, -0.1) is 22.7 Å². The van der Waals surface area contributed by atoms with Crippen LogP contribution in [0.1, 0.15) is 0 Å². The Labute approximate surface area is 364 Å². The van der Waals surface area contributed by atoms with Crippen molar-refractivity contribution in [2.45, 2.75) is 0 Å². The summed E-state index contributed by atoms with van der Waals surface area (Å²) in [5, 5.41) is 12.3. The van der Waals surface area contributed by atoms with Crippen molar-refractivity contribution in [1.29, 1.82) is 0 Å². The van der Waals surface area contributed by atoms with E-state index in [0.717, 1.165) is 38.6 Å². The molecule has 288 valence electrons. The van der Waals surface area contributed by atoms with Crippen molar-refractivity contribution in [3.05, 3.63) is 200 Å². The van der Waals surface area contributed by atoms with E-state index in [1.165, 1.54) is 73.0 Å². The van der Waals surface area contributed by atoms with E-state index in [1.807, 2.05) is 22.7 Å². The normalized spacial score (nSPS) is 11.9. The van der Waals surface area contributed by atoms with Crippen molar-refractivity contribution >= 4 is 95.3 Å². The summed E-state index contributed by atoms with van der Waals surface area (Å²) in [5.74, 6) is 1.93. The third kappa shape index (κ3) is 5.67. The Kier molecular flexibility index (Phi) is 7.95. The van der Waals surface area contributed by atoms with Crippen LogP contribution in [0.25, 0.3) is 129 Å². The second-order valence-corrected chi connectivity index (χ2v) is 18.0. The highest BCUT2D eigenvalue weighted by atomic mass is 32.1. The van der Waals surface area contributed by atoms with E-state index in [0.29, 0.717) is 17.5 Å². The zero-order valence-corrected chi connectivity index (χ0v) is 34.8. The van der Waals surface area contributed by atoms with Gasteiger partial charge in [0.15, 0.2) is 17.5 Å². The van der Waals surface area contributed by atoms with Crippen LogP contribution in [0.3, 0.4) is 0 Å². The summed E-state index contributed by atoms with van der Waals surface area (Å²) in [6.07, 6.45) is 0. The monoisotopic (exact) mass is 823 g/mol. The second kappa shape index (κ2) is 14.0. The van der Waals surface area contributed by atoms with E-state index in [4.69, 9.17) is 15.0 Å². The molecule has 3 aromatic heterocycles. The predicted molar refractivity (Wildman–Crippen MR) is 265 cm³/mol. The molecular formula is C57H33N3S2. The molecule has 13 aromatic rings. The van der Waals surface area contributed by atoms with Crippen molar-refractivity contribution < 1.29 is 0 Å². The lowest BCUT2D eigenvalue weighted by molar-refractivity contribution is 1.08. The minimum Gasteiger partial charge on any atom is -0.208 e. The molecule has 0 bridgehead atoms. The Morgan fingerprint density at radius 3 is 1.66 bits per heavy atom. The molecule has 0 aliphatic heterocycles. The van der Waals surface area contributed by atoms with E-state index in [2.05, 4.69) is 200 Å². The number of hydrogen-bond donors (Lipinski definition) is 0. The van der Waals surface area contributed by atoms with Gasteiger partial charge in [-0.1, -0.05) is 164 Å². The smallest absolute Gasteiger partial charge is 0.164 e. The Morgan fingerprint density at radius 2 is 0.823 bits per heavy atom. The van der Waals surface area contributed by atoms with Crippen LogP contribution in [-0.2, 0) is 0 Å². The standard InChI is InChI=1S/C57H33N3S2/c1-4-15-41-34(11-1)14-9-19-42(41)36-23-25-37(26-24-36)55-58-56(39-28-30-52-49(32-39)46-18-7-8-22-51(46)61-52)60-57(59-55)50-33-40(31-38-13-3-5-16-43(38)50)45-20-10-21-47-48-29-27-35-12-2-6-17-44(35)53(48)62-54(45)47/h1-33H. The molecule has 3 heterocycles. The van der Waals surface area contributed by atoms with Crippen LogP contribution in [0.15, 0.2) is 200 Å². The van der Waals surface area contributed by atoms with Crippen molar-refractivity contribution in [3.63, 3.8) is 0 Å². The first-order valence-electron chi connectivity index (χ1n) is 20.8. The quantitative estimate of drug-likeness (QED) is 0.174. The number of rotatable bonds is 5. The van der Waals surface area contributed by atoms with Gasteiger partial charge in [-0.2, -0.15) is 0 Å². The molecule has 0 fully saturated rings. The highest BCUT2D eigenvalue weighted by Crippen LogP contribution is 2.45. The third-order valence-corrected chi connectivity index (χ3v) is 14.8. The van der Waals surface area contributed by atoms with Crippen LogP contribution >= 0.6 is 22.7 Å². The summed E-state index contributed by atoms with van der Waals surface area (Å²) in [5.41, 5.74) is 7.55. The summed E-state index contributed by atoms with van der Waals surface area (Å²) in [7, 11) is 0. The molecular weight excluding hydrogens is 791 g/mol. The van der Waals surface area contributed by atoms with Gasteiger partial charge in [0.05, 0.1) is 0 Å². The Morgan fingerprint density at radius 1 is 0.258 bits per heavy atom. The van der Waals surface area contributed by atoms with Gasteiger partial charge in [-0.05, 0) is 91.0 Å². The molecule has 13 rings (SSSR count). The van der Waals surface area contributed by atoms with Gasteiger partial charge in [0, 0.05) is 57.0 Å². The highest BCUT2D eigenvalue weighted by molar-refractivity contribution is 7.27. The van der Waals surface area contributed by atoms with E-state index < -0.39 is 0 Å². The van der Waals surface area contributed by atoms with Crippen LogP contribution in [0.4, 0.5) is 0 Å². The topological polar surface area (TPSA) is 38.7 Å². The summed E-state index contributed by atoms with van der Waals surface area (Å²) >= 11 is 3.70. The van der Waals surface area contributed by atoms with Crippen LogP contribution in [0, 0.1) is 0 Å². The molecule has 0 unspecified atom stereocenters. The lowest BCUT2D eigenvalue weighted by atomic mass is 9.95. The number of fused-ring (bicyclic) bond motifs is 10. The van der Waals surface area contributed by atoms with Crippen LogP contribution in [0.5, 0.6) is 0 Å². The number of aromatic nitrogens is 3. The minimum absolute atomic E-state index is 0.637. The van der Waals surface area contributed by atoms with Crippen molar-refractivity contribution in [2.24, 2.45) is 0 Å². The van der Waals surface area contributed by atoms with Gasteiger partial charge in [-0.3, -0.25) is 0 Å².